The first-order chi connectivity index (χ1) is 19.7. The molecule has 0 unspecified atom stereocenters. The van der Waals surface area contributed by atoms with Crippen molar-refractivity contribution in [3.63, 3.8) is 0 Å². The highest BCUT2D eigenvalue weighted by Crippen LogP contribution is 2.20. The normalized spacial score (nSPS) is 11.5. The van der Waals surface area contributed by atoms with Crippen LogP contribution in [0.2, 0.25) is 0 Å². The second kappa shape index (κ2) is 34.6. The Morgan fingerprint density at radius 3 is 1.27 bits per heavy atom. The zero-order chi connectivity index (χ0) is 29.2. The first-order valence-corrected chi connectivity index (χ1v) is 18.1. The standard InChI is InChI=1S/C36H73NO3/c1-4-6-8-10-12-14-16-18-20-22-24-26-28-35(34-37-36(38)30-31-40-33-32-39-3)29-27-25-23-21-19-17-15-13-11-9-7-5-2/h35H,4-34H2,1-3H3,(H,37,38). The molecule has 0 aromatic rings. The van der Waals surface area contributed by atoms with Gasteiger partial charge in [-0.05, 0) is 18.8 Å². The van der Waals surface area contributed by atoms with Crippen LogP contribution in [0.3, 0.4) is 0 Å². The van der Waals surface area contributed by atoms with Crippen LogP contribution in [0.15, 0.2) is 0 Å². The lowest BCUT2D eigenvalue weighted by molar-refractivity contribution is -0.122. The Kier molecular flexibility index (Phi) is 34.1. The van der Waals surface area contributed by atoms with E-state index in [0.29, 0.717) is 32.2 Å². The van der Waals surface area contributed by atoms with Crippen LogP contribution in [-0.2, 0) is 14.3 Å². The third-order valence-corrected chi connectivity index (χ3v) is 8.43. The highest BCUT2D eigenvalue weighted by atomic mass is 16.5. The van der Waals surface area contributed by atoms with Crippen LogP contribution in [0.1, 0.15) is 187 Å². The fourth-order valence-electron chi connectivity index (χ4n) is 5.65. The van der Waals surface area contributed by atoms with Crippen molar-refractivity contribution in [2.75, 3.05) is 33.5 Å². The van der Waals surface area contributed by atoms with Gasteiger partial charge in [-0.25, -0.2) is 0 Å². The smallest absolute Gasteiger partial charge is 0.222 e. The molecule has 0 saturated heterocycles. The van der Waals surface area contributed by atoms with Crippen molar-refractivity contribution in [3.8, 4) is 0 Å². The van der Waals surface area contributed by atoms with Crippen LogP contribution in [-0.4, -0.2) is 39.4 Å². The number of amides is 1. The maximum Gasteiger partial charge on any atom is 0.222 e. The number of carbonyl (C=O) groups is 1. The van der Waals surface area contributed by atoms with Gasteiger partial charge in [0.2, 0.25) is 5.91 Å². The Morgan fingerprint density at radius 2 is 0.900 bits per heavy atom. The minimum absolute atomic E-state index is 0.131. The Labute approximate surface area is 251 Å². The lowest BCUT2D eigenvalue weighted by Gasteiger charge is -2.18. The lowest BCUT2D eigenvalue weighted by Crippen LogP contribution is -2.30. The first kappa shape index (κ1) is 39.4. The molecule has 0 spiro atoms. The monoisotopic (exact) mass is 568 g/mol. The van der Waals surface area contributed by atoms with Crippen LogP contribution in [0.4, 0.5) is 0 Å². The third-order valence-electron chi connectivity index (χ3n) is 8.43. The summed E-state index contributed by atoms with van der Waals surface area (Å²) in [6.07, 6.45) is 36.5. The van der Waals surface area contributed by atoms with Crippen molar-refractivity contribution >= 4 is 5.91 Å². The maximum atomic E-state index is 12.3. The molecule has 40 heavy (non-hydrogen) atoms. The number of methoxy groups -OCH3 is 1. The number of rotatable bonds is 34. The molecule has 0 atom stereocenters. The summed E-state index contributed by atoms with van der Waals surface area (Å²) in [5.74, 6) is 0.761. The van der Waals surface area contributed by atoms with Gasteiger partial charge in [0.25, 0.3) is 0 Å². The van der Waals surface area contributed by atoms with E-state index in [4.69, 9.17) is 9.47 Å². The van der Waals surface area contributed by atoms with Gasteiger partial charge in [0, 0.05) is 20.1 Å². The summed E-state index contributed by atoms with van der Waals surface area (Å²) in [6.45, 7) is 7.05. The molecular weight excluding hydrogens is 494 g/mol. The summed E-state index contributed by atoms with van der Waals surface area (Å²) < 4.78 is 10.5. The average molecular weight is 568 g/mol. The van der Waals surface area contributed by atoms with Gasteiger partial charge in [-0.3, -0.25) is 4.79 Å². The van der Waals surface area contributed by atoms with Gasteiger partial charge < -0.3 is 14.8 Å². The summed E-state index contributed by atoms with van der Waals surface area (Å²) in [5.41, 5.74) is 0. The Balaban J connectivity index is 3.98. The average Bonchev–Trinajstić information content (AvgIpc) is 2.96. The molecule has 240 valence electrons. The van der Waals surface area contributed by atoms with Crippen molar-refractivity contribution in [3.05, 3.63) is 0 Å². The minimum atomic E-state index is 0.131. The van der Waals surface area contributed by atoms with Gasteiger partial charge in [-0.2, -0.15) is 0 Å². The number of ether oxygens (including phenoxy) is 2. The molecule has 0 heterocycles. The molecule has 4 heteroatoms. The number of hydrogen-bond acceptors (Lipinski definition) is 3. The second-order valence-electron chi connectivity index (χ2n) is 12.4. The van der Waals surface area contributed by atoms with E-state index in [1.54, 1.807) is 7.11 Å². The van der Waals surface area contributed by atoms with E-state index in [1.807, 2.05) is 0 Å². The van der Waals surface area contributed by atoms with Crippen LogP contribution >= 0.6 is 0 Å². The predicted molar refractivity (Wildman–Crippen MR) is 175 cm³/mol. The molecule has 0 bridgehead atoms. The van der Waals surface area contributed by atoms with Crippen LogP contribution < -0.4 is 5.32 Å². The zero-order valence-electron chi connectivity index (χ0n) is 27.7. The number of carbonyl (C=O) groups excluding carboxylic acids is 1. The van der Waals surface area contributed by atoms with E-state index in [2.05, 4.69) is 19.2 Å². The second-order valence-corrected chi connectivity index (χ2v) is 12.4. The topological polar surface area (TPSA) is 47.6 Å². The molecule has 4 nitrogen and oxygen atoms in total. The molecular formula is C36H73NO3. The van der Waals surface area contributed by atoms with Crippen LogP contribution in [0.25, 0.3) is 0 Å². The van der Waals surface area contributed by atoms with Crippen molar-refractivity contribution in [1.82, 2.24) is 5.32 Å². The van der Waals surface area contributed by atoms with E-state index in [0.717, 1.165) is 6.54 Å². The van der Waals surface area contributed by atoms with Crippen molar-refractivity contribution in [2.45, 2.75) is 187 Å². The SMILES string of the molecule is CCCCCCCCCCCCCCC(CCCCCCCCCCCCCC)CNC(=O)CCOCCOC. The highest BCUT2D eigenvalue weighted by molar-refractivity contribution is 5.75. The molecule has 0 radical (unpaired) electrons. The van der Waals surface area contributed by atoms with Gasteiger partial charge in [0.15, 0.2) is 0 Å². The molecule has 1 amide bonds. The van der Waals surface area contributed by atoms with E-state index in [-0.39, 0.29) is 5.91 Å². The van der Waals surface area contributed by atoms with Gasteiger partial charge in [-0.15, -0.1) is 0 Å². The highest BCUT2D eigenvalue weighted by Gasteiger charge is 2.11. The number of unbranched alkanes of at least 4 members (excludes halogenated alkanes) is 22. The van der Waals surface area contributed by atoms with Crippen molar-refractivity contribution in [1.29, 1.82) is 0 Å². The molecule has 0 saturated carbocycles. The molecule has 0 aliphatic carbocycles. The third kappa shape index (κ3) is 31.9. The van der Waals surface area contributed by atoms with Crippen molar-refractivity contribution in [2.24, 2.45) is 5.92 Å². The molecule has 1 N–H and O–H groups in total. The molecule has 0 aromatic carbocycles. The Morgan fingerprint density at radius 1 is 0.525 bits per heavy atom. The molecule has 0 aliphatic heterocycles. The minimum Gasteiger partial charge on any atom is -0.382 e. The van der Waals surface area contributed by atoms with Crippen molar-refractivity contribution < 1.29 is 14.3 Å². The Hall–Kier alpha value is -0.610. The van der Waals surface area contributed by atoms with E-state index in [1.165, 1.54) is 167 Å². The zero-order valence-corrected chi connectivity index (χ0v) is 27.7. The summed E-state index contributed by atoms with van der Waals surface area (Å²) in [4.78, 5) is 12.3. The number of hydrogen-bond donors (Lipinski definition) is 1. The van der Waals surface area contributed by atoms with E-state index < -0.39 is 0 Å². The maximum absolute atomic E-state index is 12.3. The van der Waals surface area contributed by atoms with Crippen LogP contribution in [0, 0.1) is 5.92 Å². The largest absolute Gasteiger partial charge is 0.382 e. The number of nitrogens with one attached hydrogen (secondary N) is 1. The first-order valence-electron chi connectivity index (χ1n) is 18.1. The van der Waals surface area contributed by atoms with Gasteiger partial charge in [0.1, 0.15) is 0 Å². The predicted octanol–water partition coefficient (Wildman–Crippen LogP) is 11.0. The summed E-state index contributed by atoms with van der Waals surface area (Å²) in [5, 5.41) is 3.21. The molecule has 0 aromatic heterocycles. The molecule has 0 rings (SSSR count). The van der Waals surface area contributed by atoms with Gasteiger partial charge in [0.05, 0.1) is 19.8 Å². The summed E-state index contributed by atoms with van der Waals surface area (Å²) in [7, 11) is 1.67. The lowest BCUT2D eigenvalue weighted by atomic mass is 9.93. The molecule has 0 aliphatic rings. The van der Waals surface area contributed by atoms with Gasteiger partial charge >= 0.3 is 0 Å². The molecule has 0 fully saturated rings. The summed E-state index contributed by atoms with van der Waals surface area (Å²) in [6, 6.07) is 0. The quantitative estimate of drug-likeness (QED) is 0.0787. The fraction of sp³-hybridized carbons (Fsp3) is 0.972. The Bertz CT molecular complexity index is 457. The van der Waals surface area contributed by atoms with Crippen LogP contribution in [0.5, 0.6) is 0 Å². The fourth-order valence-corrected chi connectivity index (χ4v) is 5.65. The summed E-state index contributed by atoms with van der Waals surface area (Å²) >= 11 is 0. The van der Waals surface area contributed by atoms with E-state index in [9.17, 15) is 4.79 Å². The van der Waals surface area contributed by atoms with Gasteiger partial charge in [-0.1, -0.05) is 168 Å². The van der Waals surface area contributed by atoms with E-state index >= 15 is 0 Å².